The summed E-state index contributed by atoms with van der Waals surface area (Å²) < 4.78 is 0. The Hall–Kier alpha value is -0.380. The van der Waals surface area contributed by atoms with Crippen molar-refractivity contribution in [2.75, 3.05) is 13.1 Å². The SMILES string of the molecule is CCC1(CC)CN(C(C)Cc2cccs2)C(C(C)C)CN1. The fourth-order valence-electron chi connectivity index (χ4n) is 3.62. The average Bonchev–Trinajstić information content (AvgIpc) is 2.99. The van der Waals surface area contributed by atoms with Crippen LogP contribution in [0.25, 0.3) is 0 Å². The number of rotatable bonds is 6. The van der Waals surface area contributed by atoms with Crippen LogP contribution in [0.5, 0.6) is 0 Å². The van der Waals surface area contributed by atoms with Crippen molar-refractivity contribution in [1.82, 2.24) is 10.2 Å². The second-order valence-electron chi connectivity index (χ2n) is 6.98. The number of hydrogen-bond acceptors (Lipinski definition) is 3. The predicted octanol–water partition coefficient (Wildman–Crippen LogP) is 4.17. The highest BCUT2D eigenvalue weighted by Crippen LogP contribution is 2.28. The maximum absolute atomic E-state index is 3.87. The molecule has 2 heterocycles. The molecule has 1 saturated heterocycles. The first-order chi connectivity index (χ1) is 10.0. The van der Waals surface area contributed by atoms with Gasteiger partial charge in [-0.2, -0.15) is 0 Å². The average molecular weight is 309 g/mol. The van der Waals surface area contributed by atoms with Gasteiger partial charge in [-0.15, -0.1) is 11.3 Å². The summed E-state index contributed by atoms with van der Waals surface area (Å²) >= 11 is 1.89. The lowest BCUT2D eigenvalue weighted by Gasteiger charge is -2.51. The van der Waals surface area contributed by atoms with Crippen LogP contribution in [-0.2, 0) is 6.42 Å². The molecule has 0 aliphatic carbocycles. The summed E-state index contributed by atoms with van der Waals surface area (Å²) in [7, 11) is 0. The van der Waals surface area contributed by atoms with Gasteiger partial charge in [0.1, 0.15) is 0 Å². The lowest BCUT2D eigenvalue weighted by Crippen LogP contribution is -2.66. The zero-order chi connectivity index (χ0) is 15.5. The second kappa shape index (κ2) is 7.26. The summed E-state index contributed by atoms with van der Waals surface area (Å²) in [4.78, 5) is 4.30. The van der Waals surface area contributed by atoms with E-state index in [9.17, 15) is 0 Å². The first kappa shape index (κ1) is 17.0. The summed E-state index contributed by atoms with van der Waals surface area (Å²) in [5, 5.41) is 6.06. The Morgan fingerprint density at radius 3 is 2.57 bits per heavy atom. The quantitative estimate of drug-likeness (QED) is 0.848. The summed E-state index contributed by atoms with van der Waals surface area (Å²) in [5.41, 5.74) is 0.315. The lowest BCUT2D eigenvalue weighted by molar-refractivity contribution is 0.0223. The van der Waals surface area contributed by atoms with Crippen LogP contribution in [0.15, 0.2) is 17.5 Å². The Morgan fingerprint density at radius 2 is 2.05 bits per heavy atom. The lowest BCUT2D eigenvalue weighted by atomic mass is 9.85. The molecule has 2 atom stereocenters. The number of nitrogens with zero attached hydrogens (tertiary/aromatic N) is 1. The Balaban J connectivity index is 2.13. The van der Waals surface area contributed by atoms with Crippen LogP contribution < -0.4 is 5.32 Å². The van der Waals surface area contributed by atoms with E-state index in [2.05, 4.69) is 62.3 Å². The van der Waals surface area contributed by atoms with Crippen molar-refractivity contribution in [2.45, 2.75) is 71.5 Å². The molecule has 2 nitrogen and oxygen atoms in total. The Labute approximate surface area is 134 Å². The molecule has 2 rings (SSSR count). The van der Waals surface area contributed by atoms with Crippen LogP contribution in [0, 0.1) is 5.92 Å². The first-order valence-electron chi connectivity index (χ1n) is 8.54. The minimum atomic E-state index is 0.315. The number of piperazine rings is 1. The van der Waals surface area contributed by atoms with Gasteiger partial charge in [-0.1, -0.05) is 33.8 Å². The molecule has 3 heteroatoms. The first-order valence-corrected chi connectivity index (χ1v) is 9.42. The van der Waals surface area contributed by atoms with Crippen LogP contribution in [-0.4, -0.2) is 35.6 Å². The standard InChI is InChI=1S/C18H32N2S/c1-6-18(7-2)13-20(17(12-19-18)14(3)4)15(5)11-16-9-8-10-21-16/h8-10,14-15,17,19H,6-7,11-13H2,1-5H3. The predicted molar refractivity (Wildman–Crippen MR) is 94.1 cm³/mol. The summed E-state index contributed by atoms with van der Waals surface area (Å²) in [5.74, 6) is 0.704. The van der Waals surface area contributed by atoms with Crippen molar-refractivity contribution in [3.8, 4) is 0 Å². The van der Waals surface area contributed by atoms with E-state index >= 15 is 0 Å². The van der Waals surface area contributed by atoms with Crippen LogP contribution in [0.1, 0.15) is 52.3 Å². The summed E-state index contributed by atoms with van der Waals surface area (Å²) in [6.45, 7) is 14.1. The van der Waals surface area contributed by atoms with Crippen molar-refractivity contribution in [3.63, 3.8) is 0 Å². The minimum absolute atomic E-state index is 0.315. The Bertz CT molecular complexity index is 409. The molecule has 0 saturated carbocycles. The van der Waals surface area contributed by atoms with Gasteiger partial charge in [0.2, 0.25) is 0 Å². The Morgan fingerprint density at radius 1 is 1.33 bits per heavy atom. The van der Waals surface area contributed by atoms with E-state index in [4.69, 9.17) is 0 Å². The summed E-state index contributed by atoms with van der Waals surface area (Å²) in [6, 6.07) is 5.73. The van der Waals surface area contributed by atoms with Gasteiger partial charge in [0.15, 0.2) is 0 Å². The van der Waals surface area contributed by atoms with Gasteiger partial charge in [-0.25, -0.2) is 0 Å². The molecular weight excluding hydrogens is 276 g/mol. The van der Waals surface area contributed by atoms with E-state index in [1.165, 1.54) is 30.7 Å². The van der Waals surface area contributed by atoms with Gasteiger partial charge in [0.05, 0.1) is 0 Å². The summed E-state index contributed by atoms with van der Waals surface area (Å²) in [6.07, 6.45) is 3.62. The van der Waals surface area contributed by atoms with Crippen molar-refractivity contribution < 1.29 is 0 Å². The highest BCUT2D eigenvalue weighted by atomic mass is 32.1. The highest BCUT2D eigenvalue weighted by molar-refractivity contribution is 7.09. The molecule has 1 aromatic heterocycles. The molecule has 120 valence electrons. The van der Waals surface area contributed by atoms with Crippen LogP contribution in [0.4, 0.5) is 0 Å². The van der Waals surface area contributed by atoms with Gasteiger partial charge in [-0.05, 0) is 43.6 Å². The molecule has 1 aromatic rings. The van der Waals surface area contributed by atoms with E-state index in [1.807, 2.05) is 11.3 Å². The molecule has 0 aromatic carbocycles. The molecule has 0 spiro atoms. The monoisotopic (exact) mass is 308 g/mol. The topological polar surface area (TPSA) is 15.3 Å². The number of thiophene rings is 1. The van der Waals surface area contributed by atoms with Gasteiger partial charge >= 0.3 is 0 Å². The third kappa shape index (κ3) is 3.88. The van der Waals surface area contributed by atoms with Gasteiger partial charge < -0.3 is 5.32 Å². The van der Waals surface area contributed by atoms with Crippen molar-refractivity contribution in [2.24, 2.45) is 5.92 Å². The zero-order valence-corrected chi connectivity index (χ0v) is 15.2. The van der Waals surface area contributed by atoms with E-state index in [-0.39, 0.29) is 0 Å². The third-order valence-electron chi connectivity index (χ3n) is 5.36. The van der Waals surface area contributed by atoms with E-state index in [0.29, 0.717) is 23.5 Å². The van der Waals surface area contributed by atoms with E-state index in [0.717, 1.165) is 6.54 Å². The molecular formula is C18H32N2S. The van der Waals surface area contributed by atoms with Crippen molar-refractivity contribution in [1.29, 1.82) is 0 Å². The number of hydrogen-bond donors (Lipinski definition) is 1. The van der Waals surface area contributed by atoms with Crippen LogP contribution in [0.3, 0.4) is 0 Å². The third-order valence-corrected chi connectivity index (χ3v) is 6.26. The molecule has 0 radical (unpaired) electrons. The van der Waals surface area contributed by atoms with E-state index < -0.39 is 0 Å². The molecule has 2 unspecified atom stereocenters. The Kier molecular flexibility index (Phi) is 5.87. The maximum atomic E-state index is 3.87. The highest BCUT2D eigenvalue weighted by Gasteiger charge is 2.39. The largest absolute Gasteiger partial charge is 0.308 e. The smallest absolute Gasteiger partial charge is 0.0304 e. The van der Waals surface area contributed by atoms with E-state index in [1.54, 1.807) is 0 Å². The van der Waals surface area contributed by atoms with Crippen molar-refractivity contribution >= 4 is 11.3 Å². The maximum Gasteiger partial charge on any atom is 0.0304 e. The van der Waals surface area contributed by atoms with Crippen molar-refractivity contribution in [3.05, 3.63) is 22.4 Å². The van der Waals surface area contributed by atoms with Crippen LogP contribution >= 0.6 is 11.3 Å². The van der Waals surface area contributed by atoms with Gasteiger partial charge in [0, 0.05) is 35.6 Å². The normalized spacial score (nSPS) is 24.4. The molecule has 0 amide bonds. The molecule has 0 bridgehead atoms. The van der Waals surface area contributed by atoms with Gasteiger partial charge in [-0.3, -0.25) is 4.90 Å². The molecule has 1 aliphatic rings. The molecule has 1 aliphatic heterocycles. The fraction of sp³-hybridized carbons (Fsp3) is 0.778. The molecule has 1 N–H and O–H groups in total. The second-order valence-corrected chi connectivity index (χ2v) is 8.02. The van der Waals surface area contributed by atoms with Crippen LogP contribution in [0.2, 0.25) is 0 Å². The number of nitrogens with one attached hydrogen (secondary N) is 1. The fourth-order valence-corrected chi connectivity index (χ4v) is 4.45. The van der Waals surface area contributed by atoms with Gasteiger partial charge in [0.25, 0.3) is 0 Å². The zero-order valence-electron chi connectivity index (χ0n) is 14.4. The molecule has 1 fully saturated rings. The minimum Gasteiger partial charge on any atom is -0.308 e. The molecule has 21 heavy (non-hydrogen) atoms.